The second-order valence-electron chi connectivity index (χ2n) is 8.22. The maximum Gasteiger partial charge on any atom is 0.355 e. The van der Waals surface area contributed by atoms with Gasteiger partial charge in [0.2, 0.25) is 0 Å². The lowest BCUT2D eigenvalue weighted by atomic mass is 9.80. The molecule has 0 bridgehead atoms. The van der Waals surface area contributed by atoms with Crippen LogP contribution in [-0.4, -0.2) is 26.2 Å². The van der Waals surface area contributed by atoms with Crippen molar-refractivity contribution in [2.75, 3.05) is 19.1 Å². The highest BCUT2D eigenvalue weighted by atomic mass is 16.5. The van der Waals surface area contributed by atoms with Crippen LogP contribution in [0.3, 0.4) is 0 Å². The van der Waals surface area contributed by atoms with Gasteiger partial charge >= 0.3 is 11.9 Å². The summed E-state index contributed by atoms with van der Waals surface area (Å²) >= 11 is 0. The highest BCUT2D eigenvalue weighted by Gasteiger charge is 2.43. The molecule has 0 aliphatic carbocycles. The molecule has 1 unspecified atom stereocenters. The first kappa shape index (κ1) is 24.3. The van der Waals surface area contributed by atoms with Crippen LogP contribution in [0.5, 0.6) is 0 Å². The zero-order valence-electron chi connectivity index (χ0n) is 20.2. The van der Waals surface area contributed by atoms with Gasteiger partial charge in [-0.05, 0) is 24.1 Å². The average molecular weight is 480 g/mol. The molecular weight excluding hydrogens is 454 g/mol. The molecule has 4 rings (SSSR count). The lowest BCUT2D eigenvalue weighted by molar-refractivity contribution is -0.139. The first-order valence-electron chi connectivity index (χ1n) is 11.2. The van der Waals surface area contributed by atoms with Crippen molar-refractivity contribution in [1.29, 1.82) is 5.26 Å². The van der Waals surface area contributed by atoms with E-state index in [1.807, 2.05) is 49.4 Å². The Morgan fingerprint density at radius 3 is 2.22 bits per heavy atom. The second-order valence-corrected chi connectivity index (χ2v) is 8.22. The molecule has 0 saturated carbocycles. The number of esters is 2. The maximum atomic E-state index is 13.3. The van der Waals surface area contributed by atoms with Crippen molar-refractivity contribution in [2.24, 2.45) is 5.73 Å². The van der Waals surface area contributed by atoms with Gasteiger partial charge in [0.15, 0.2) is 0 Å². The quantitative estimate of drug-likeness (QED) is 0.535. The number of nitrogens with zero attached hydrogens (tertiary/aromatic N) is 2. The number of rotatable bonds is 5. The molecule has 0 spiro atoms. The molecule has 1 atom stereocenters. The number of para-hydroxylation sites is 1. The average Bonchev–Trinajstić information content (AvgIpc) is 2.92. The number of hydrogen-bond donors (Lipinski definition) is 1. The first-order chi connectivity index (χ1) is 17.4. The molecular formula is C29H25N3O4. The van der Waals surface area contributed by atoms with E-state index in [2.05, 4.69) is 6.07 Å². The Balaban J connectivity index is 2.09. The van der Waals surface area contributed by atoms with Crippen molar-refractivity contribution < 1.29 is 19.1 Å². The summed E-state index contributed by atoms with van der Waals surface area (Å²) in [5, 5.41) is 10.2. The van der Waals surface area contributed by atoms with Gasteiger partial charge in [-0.25, -0.2) is 9.59 Å². The van der Waals surface area contributed by atoms with E-state index in [-0.39, 0.29) is 22.7 Å². The molecule has 1 heterocycles. The number of carbonyl (C=O) groups is 2. The predicted octanol–water partition coefficient (Wildman–Crippen LogP) is 4.56. The lowest BCUT2D eigenvalue weighted by Crippen LogP contribution is -2.41. The van der Waals surface area contributed by atoms with Gasteiger partial charge in [0, 0.05) is 5.56 Å². The molecule has 180 valence electrons. The van der Waals surface area contributed by atoms with Crippen LogP contribution in [0.25, 0.3) is 11.1 Å². The second kappa shape index (κ2) is 10.2. The third kappa shape index (κ3) is 4.21. The SMILES string of the molecule is COC(=O)C1=C(C(=O)OC)N(c2ccccc2-c2cccc(C)c2)C(N)=C(C#N)C1c1ccccc1. The lowest BCUT2D eigenvalue weighted by Gasteiger charge is -2.36. The molecule has 7 heteroatoms. The van der Waals surface area contributed by atoms with Gasteiger partial charge in [-0.2, -0.15) is 5.26 Å². The fourth-order valence-corrected chi connectivity index (χ4v) is 4.49. The predicted molar refractivity (Wildman–Crippen MR) is 136 cm³/mol. The summed E-state index contributed by atoms with van der Waals surface area (Å²) in [6, 6.07) is 26.3. The molecule has 7 nitrogen and oxygen atoms in total. The largest absolute Gasteiger partial charge is 0.466 e. The normalized spacial score (nSPS) is 15.4. The number of allylic oxidation sites excluding steroid dienone is 1. The Kier molecular flexibility index (Phi) is 6.88. The Bertz CT molecular complexity index is 1430. The van der Waals surface area contributed by atoms with E-state index in [0.717, 1.165) is 16.7 Å². The molecule has 0 saturated heterocycles. The van der Waals surface area contributed by atoms with Crippen molar-refractivity contribution in [3.63, 3.8) is 0 Å². The molecule has 0 amide bonds. The summed E-state index contributed by atoms with van der Waals surface area (Å²) < 4.78 is 10.2. The van der Waals surface area contributed by atoms with Crippen molar-refractivity contribution in [2.45, 2.75) is 12.8 Å². The van der Waals surface area contributed by atoms with Crippen LogP contribution >= 0.6 is 0 Å². The van der Waals surface area contributed by atoms with E-state index in [1.54, 1.807) is 36.4 Å². The fourth-order valence-electron chi connectivity index (χ4n) is 4.49. The Labute approximate surface area is 209 Å². The van der Waals surface area contributed by atoms with Crippen LogP contribution in [0.1, 0.15) is 17.0 Å². The molecule has 0 radical (unpaired) electrons. The number of ether oxygens (including phenoxy) is 2. The van der Waals surface area contributed by atoms with Crippen LogP contribution in [0.2, 0.25) is 0 Å². The van der Waals surface area contributed by atoms with Gasteiger partial charge < -0.3 is 15.2 Å². The van der Waals surface area contributed by atoms with Gasteiger partial charge in [-0.1, -0.05) is 78.4 Å². The summed E-state index contributed by atoms with van der Waals surface area (Å²) in [7, 11) is 2.46. The summed E-state index contributed by atoms with van der Waals surface area (Å²) in [5.41, 5.74) is 10.4. The number of methoxy groups -OCH3 is 2. The molecule has 3 aromatic carbocycles. The van der Waals surface area contributed by atoms with Crippen LogP contribution in [0.4, 0.5) is 5.69 Å². The molecule has 0 fully saturated rings. The van der Waals surface area contributed by atoms with Gasteiger partial charge in [0.25, 0.3) is 0 Å². The van der Waals surface area contributed by atoms with Gasteiger partial charge in [0.1, 0.15) is 11.5 Å². The summed E-state index contributed by atoms with van der Waals surface area (Å²) in [4.78, 5) is 28.0. The molecule has 1 aliphatic heterocycles. The van der Waals surface area contributed by atoms with E-state index >= 15 is 0 Å². The van der Waals surface area contributed by atoms with E-state index < -0.39 is 17.9 Å². The minimum absolute atomic E-state index is 0.0273. The monoisotopic (exact) mass is 479 g/mol. The number of nitriles is 1. The molecule has 0 aromatic heterocycles. The topological polar surface area (TPSA) is 106 Å². The Morgan fingerprint density at radius 1 is 0.917 bits per heavy atom. The number of hydrogen-bond acceptors (Lipinski definition) is 7. The third-order valence-electron chi connectivity index (χ3n) is 6.08. The van der Waals surface area contributed by atoms with E-state index in [4.69, 9.17) is 15.2 Å². The van der Waals surface area contributed by atoms with Gasteiger partial charge in [0.05, 0.1) is 43.0 Å². The Morgan fingerprint density at radius 2 is 1.58 bits per heavy atom. The molecule has 3 aromatic rings. The minimum atomic E-state index is -0.917. The van der Waals surface area contributed by atoms with E-state index in [1.165, 1.54) is 19.1 Å². The standard InChI is InChI=1S/C29H25N3O4/c1-18-10-9-13-20(16-18)21-14-7-8-15-23(21)32-26(29(34)36-3)25(28(33)35-2)24(22(17-30)27(32)31)19-11-5-4-6-12-19/h4-16,24H,31H2,1-3H3. The van der Waals surface area contributed by atoms with Gasteiger partial charge in [-0.15, -0.1) is 0 Å². The van der Waals surface area contributed by atoms with Crippen LogP contribution in [0, 0.1) is 18.3 Å². The van der Waals surface area contributed by atoms with Crippen molar-refractivity contribution in [3.8, 4) is 17.2 Å². The number of nitrogens with two attached hydrogens (primary N) is 1. The smallest absolute Gasteiger partial charge is 0.355 e. The minimum Gasteiger partial charge on any atom is -0.466 e. The summed E-state index contributed by atoms with van der Waals surface area (Å²) in [6.07, 6.45) is 0. The summed E-state index contributed by atoms with van der Waals surface area (Å²) in [5.74, 6) is -2.43. The number of carbonyl (C=O) groups excluding carboxylic acids is 2. The molecule has 2 N–H and O–H groups in total. The van der Waals surface area contributed by atoms with Gasteiger partial charge in [-0.3, -0.25) is 4.90 Å². The highest BCUT2D eigenvalue weighted by molar-refractivity contribution is 6.07. The maximum absolute atomic E-state index is 13.3. The third-order valence-corrected chi connectivity index (χ3v) is 6.08. The number of aryl methyl sites for hydroxylation is 1. The van der Waals surface area contributed by atoms with Crippen LogP contribution in [0.15, 0.2) is 102 Å². The zero-order chi connectivity index (χ0) is 25.8. The van der Waals surface area contributed by atoms with Crippen molar-refractivity contribution in [3.05, 3.63) is 113 Å². The fraction of sp³-hybridized carbons (Fsp3) is 0.138. The van der Waals surface area contributed by atoms with Crippen LogP contribution in [-0.2, 0) is 19.1 Å². The van der Waals surface area contributed by atoms with E-state index in [0.29, 0.717) is 11.3 Å². The Hall–Kier alpha value is -4.83. The van der Waals surface area contributed by atoms with Crippen LogP contribution < -0.4 is 10.6 Å². The van der Waals surface area contributed by atoms with Crippen molar-refractivity contribution >= 4 is 17.6 Å². The first-order valence-corrected chi connectivity index (χ1v) is 11.2. The number of benzene rings is 3. The number of anilines is 1. The molecule has 36 heavy (non-hydrogen) atoms. The zero-order valence-corrected chi connectivity index (χ0v) is 20.2. The van der Waals surface area contributed by atoms with Crippen molar-refractivity contribution in [1.82, 2.24) is 0 Å². The highest BCUT2D eigenvalue weighted by Crippen LogP contribution is 2.45. The summed E-state index contributed by atoms with van der Waals surface area (Å²) in [6.45, 7) is 1.98. The van der Waals surface area contributed by atoms with E-state index in [9.17, 15) is 14.9 Å². The molecule has 1 aliphatic rings.